The van der Waals surface area contributed by atoms with Gasteiger partial charge in [-0.2, -0.15) is 0 Å². The molecule has 2 aliphatic rings. The molecule has 1 aliphatic heterocycles. The molecule has 1 saturated heterocycles. The second-order valence-corrected chi connectivity index (χ2v) is 6.07. The molecule has 0 aromatic heterocycles. The number of rotatable bonds is 3. The van der Waals surface area contributed by atoms with Gasteiger partial charge in [-0.1, -0.05) is 43.5 Å². The van der Waals surface area contributed by atoms with Crippen LogP contribution in [-0.2, 0) is 14.9 Å². The number of benzene rings is 1. The van der Waals surface area contributed by atoms with Crippen LogP contribution in [0.1, 0.15) is 62.2 Å². The van der Waals surface area contributed by atoms with E-state index in [1.165, 1.54) is 5.56 Å². The van der Waals surface area contributed by atoms with Crippen molar-refractivity contribution in [1.82, 2.24) is 0 Å². The molecule has 0 radical (unpaired) electrons. The van der Waals surface area contributed by atoms with E-state index >= 15 is 0 Å². The van der Waals surface area contributed by atoms with Crippen LogP contribution in [0.15, 0.2) is 24.3 Å². The van der Waals surface area contributed by atoms with Crippen molar-refractivity contribution in [2.45, 2.75) is 56.5 Å². The second kappa shape index (κ2) is 5.57. The third kappa shape index (κ3) is 2.35. The van der Waals surface area contributed by atoms with E-state index < -0.39 is 11.4 Å². The molecule has 20 heavy (non-hydrogen) atoms. The fraction of sp³-hybridized carbons (Fsp3) is 0.588. The van der Waals surface area contributed by atoms with Crippen LogP contribution in [0.2, 0.25) is 0 Å². The largest absolute Gasteiger partial charge is 0.481 e. The van der Waals surface area contributed by atoms with E-state index in [4.69, 9.17) is 4.74 Å². The summed E-state index contributed by atoms with van der Waals surface area (Å²) in [6, 6.07) is 8.14. The van der Waals surface area contributed by atoms with Gasteiger partial charge in [0.15, 0.2) is 0 Å². The van der Waals surface area contributed by atoms with Gasteiger partial charge >= 0.3 is 5.97 Å². The van der Waals surface area contributed by atoms with Crippen LogP contribution in [0.25, 0.3) is 0 Å². The highest BCUT2D eigenvalue weighted by Gasteiger charge is 2.41. The van der Waals surface area contributed by atoms with E-state index in [2.05, 4.69) is 12.1 Å². The van der Waals surface area contributed by atoms with Crippen LogP contribution in [0, 0.1) is 0 Å². The summed E-state index contributed by atoms with van der Waals surface area (Å²) in [5.74, 6) is -0.665. The first-order valence-corrected chi connectivity index (χ1v) is 7.68. The highest BCUT2D eigenvalue weighted by molar-refractivity contribution is 5.81. The Morgan fingerprint density at radius 1 is 1.10 bits per heavy atom. The van der Waals surface area contributed by atoms with Gasteiger partial charge in [-0.05, 0) is 36.8 Å². The van der Waals surface area contributed by atoms with E-state index in [9.17, 15) is 9.90 Å². The van der Waals surface area contributed by atoms with E-state index in [0.29, 0.717) is 0 Å². The summed E-state index contributed by atoms with van der Waals surface area (Å²) in [5.41, 5.74) is 1.49. The predicted molar refractivity (Wildman–Crippen MR) is 76.8 cm³/mol. The van der Waals surface area contributed by atoms with Crippen LogP contribution in [0.3, 0.4) is 0 Å². The Hall–Kier alpha value is -1.35. The molecule has 1 aliphatic carbocycles. The van der Waals surface area contributed by atoms with Crippen molar-refractivity contribution in [3.05, 3.63) is 35.4 Å². The molecule has 1 aromatic carbocycles. The first kappa shape index (κ1) is 13.6. The molecular formula is C17H22O3. The van der Waals surface area contributed by atoms with Crippen molar-refractivity contribution in [1.29, 1.82) is 0 Å². The Labute approximate surface area is 120 Å². The molecule has 108 valence electrons. The lowest BCUT2D eigenvalue weighted by Gasteiger charge is -2.33. The Balaban J connectivity index is 1.86. The maximum Gasteiger partial charge on any atom is 0.314 e. The molecule has 1 atom stereocenters. The molecule has 3 heteroatoms. The zero-order valence-electron chi connectivity index (χ0n) is 11.8. The second-order valence-electron chi connectivity index (χ2n) is 6.07. The molecular weight excluding hydrogens is 252 g/mol. The minimum Gasteiger partial charge on any atom is -0.481 e. The number of aliphatic carboxylic acids is 1. The van der Waals surface area contributed by atoms with Gasteiger partial charge in [0, 0.05) is 6.61 Å². The third-order valence-corrected chi connectivity index (χ3v) is 4.88. The van der Waals surface area contributed by atoms with Crippen molar-refractivity contribution in [3.8, 4) is 0 Å². The van der Waals surface area contributed by atoms with Crippen LogP contribution < -0.4 is 0 Å². The van der Waals surface area contributed by atoms with Crippen LogP contribution >= 0.6 is 0 Å². The molecule has 2 fully saturated rings. The first-order valence-electron chi connectivity index (χ1n) is 7.68. The molecule has 1 saturated carbocycles. The molecule has 1 unspecified atom stereocenters. The molecule has 3 rings (SSSR count). The Morgan fingerprint density at radius 2 is 1.80 bits per heavy atom. The zero-order valence-corrected chi connectivity index (χ0v) is 11.8. The minimum atomic E-state index is -0.665. The highest BCUT2D eigenvalue weighted by Crippen LogP contribution is 2.40. The van der Waals surface area contributed by atoms with Gasteiger partial charge in [-0.25, -0.2) is 0 Å². The number of carboxylic acid groups (broad SMARTS) is 1. The molecule has 1 heterocycles. The quantitative estimate of drug-likeness (QED) is 0.911. The Morgan fingerprint density at radius 3 is 2.35 bits per heavy atom. The number of carboxylic acids is 1. The topological polar surface area (TPSA) is 46.5 Å². The van der Waals surface area contributed by atoms with Gasteiger partial charge in [0.05, 0.1) is 11.5 Å². The van der Waals surface area contributed by atoms with E-state index in [0.717, 1.165) is 57.1 Å². The van der Waals surface area contributed by atoms with E-state index in [1.807, 2.05) is 12.1 Å². The van der Waals surface area contributed by atoms with Crippen LogP contribution in [-0.4, -0.2) is 17.7 Å². The van der Waals surface area contributed by atoms with Crippen molar-refractivity contribution >= 4 is 5.97 Å². The van der Waals surface area contributed by atoms with Crippen LogP contribution in [0.4, 0.5) is 0 Å². The molecule has 1 N–H and O–H groups in total. The van der Waals surface area contributed by atoms with Gasteiger partial charge in [0.1, 0.15) is 0 Å². The van der Waals surface area contributed by atoms with Crippen molar-refractivity contribution in [2.24, 2.45) is 0 Å². The Bertz CT molecular complexity index is 466. The van der Waals surface area contributed by atoms with Gasteiger partial charge in [-0.3, -0.25) is 4.79 Å². The number of carbonyl (C=O) groups is 1. The molecule has 0 spiro atoms. The van der Waals surface area contributed by atoms with Gasteiger partial charge < -0.3 is 9.84 Å². The predicted octanol–water partition coefficient (Wildman–Crippen LogP) is 3.82. The summed E-state index contributed by atoms with van der Waals surface area (Å²) >= 11 is 0. The lowest BCUT2D eigenvalue weighted by Crippen LogP contribution is -2.37. The summed E-state index contributed by atoms with van der Waals surface area (Å²) in [6.45, 7) is 0.839. The molecule has 0 amide bonds. The summed E-state index contributed by atoms with van der Waals surface area (Å²) in [7, 11) is 0. The molecule has 1 aromatic rings. The number of ether oxygens (including phenoxy) is 1. The zero-order chi connectivity index (χ0) is 14.0. The Kier molecular flexibility index (Phi) is 3.79. The van der Waals surface area contributed by atoms with Gasteiger partial charge in [0.2, 0.25) is 0 Å². The number of hydrogen-bond acceptors (Lipinski definition) is 2. The van der Waals surface area contributed by atoms with Crippen molar-refractivity contribution < 1.29 is 14.6 Å². The summed E-state index contributed by atoms with van der Waals surface area (Å²) in [4.78, 5) is 11.8. The monoisotopic (exact) mass is 274 g/mol. The summed E-state index contributed by atoms with van der Waals surface area (Å²) in [5, 5.41) is 9.70. The van der Waals surface area contributed by atoms with Gasteiger partial charge in [0.25, 0.3) is 0 Å². The van der Waals surface area contributed by atoms with Gasteiger partial charge in [-0.15, -0.1) is 0 Å². The minimum absolute atomic E-state index is 0.205. The lowest BCUT2D eigenvalue weighted by molar-refractivity contribution is -0.145. The van der Waals surface area contributed by atoms with Crippen molar-refractivity contribution in [3.63, 3.8) is 0 Å². The van der Waals surface area contributed by atoms with E-state index in [-0.39, 0.29) is 6.10 Å². The first-order chi connectivity index (χ1) is 9.72. The number of hydrogen-bond donors (Lipinski definition) is 1. The maximum absolute atomic E-state index is 11.8. The summed E-state index contributed by atoms with van der Waals surface area (Å²) < 4.78 is 5.68. The smallest absolute Gasteiger partial charge is 0.314 e. The normalized spacial score (nSPS) is 25.5. The average Bonchev–Trinajstić information content (AvgIpc) is 3.02. The summed E-state index contributed by atoms with van der Waals surface area (Å²) in [6.07, 6.45) is 7.11. The third-order valence-electron chi connectivity index (χ3n) is 4.88. The SMILES string of the molecule is O=C(O)C1(c2ccc(C3CCCO3)cc2)CCCCC1. The molecule has 3 nitrogen and oxygen atoms in total. The van der Waals surface area contributed by atoms with Crippen molar-refractivity contribution in [2.75, 3.05) is 6.61 Å². The molecule has 0 bridgehead atoms. The standard InChI is InChI=1S/C17H22O3/c18-16(19)17(10-2-1-3-11-17)14-8-6-13(7-9-14)15-5-4-12-20-15/h6-9,15H,1-5,10-12H2,(H,18,19). The van der Waals surface area contributed by atoms with E-state index in [1.54, 1.807) is 0 Å². The lowest BCUT2D eigenvalue weighted by atomic mass is 9.69. The van der Waals surface area contributed by atoms with Crippen LogP contribution in [0.5, 0.6) is 0 Å². The fourth-order valence-electron chi connectivity index (χ4n) is 3.64. The fourth-order valence-corrected chi connectivity index (χ4v) is 3.64. The average molecular weight is 274 g/mol. The highest BCUT2D eigenvalue weighted by atomic mass is 16.5. The maximum atomic E-state index is 11.8.